The summed E-state index contributed by atoms with van der Waals surface area (Å²) in [5.74, 6) is -0.857. The molecule has 5 heteroatoms. The molecule has 0 fully saturated rings. The summed E-state index contributed by atoms with van der Waals surface area (Å²) in [4.78, 5) is 11.7. The number of carbonyl (C=O) groups excluding carboxylic acids is 1. The lowest BCUT2D eigenvalue weighted by Gasteiger charge is -2.20. The topological polar surface area (TPSA) is 50.1 Å². The van der Waals surface area contributed by atoms with E-state index in [1.165, 1.54) is 0 Å². The first-order valence-corrected chi connectivity index (χ1v) is 7.05. The summed E-state index contributed by atoms with van der Waals surface area (Å²) >= 11 is 12.1. The highest BCUT2D eigenvalue weighted by atomic mass is 35.5. The first kappa shape index (κ1) is 16.8. The molecule has 0 radical (unpaired) electrons. The lowest BCUT2D eigenvalue weighted by atomic mass is 9.95. The van der Waals surface area contributed by atoms with Gasteiger partial charge in [0.2, 0.25) is 0 Å². The first-order chi connectivity index (χ1) is 9.24. The van der Waals surface area contributed by atoms with E-state index in [2.05, 4.69) is 6.07 Å². The number of carbonyl (C=O) groups is 1. The van der Waals surface area contributed by atoms with Gasteiger partial charge in [0, 0.05) is 22.0 Å². The number of esters is 1. The van der Waals surface area contributed by atoms with E-state index in [9.17, 15) is 10.1 Å². The number of hydrogen-bond acceptors (Lipinski definition) is 3. The van der Waals surface area contributed by atoms with Gasteiger partial charge in [-0.1, -0.05) is 29.3 Å². The molecule has 1 rings (SSSR count). The Morgan fingerprint density at radius 3 is 2.35 bits per heavy atom. The molecule has 0 N–H and O–H groups in total. The third-order valence-corrected chi connectivity index (χ3v) is 3.22. The Morgan fingerprint density at radius 1 is 1.35 bits per heavy atom. The van der Waals surface area contributed by atoms with Crippen molar-refractivity contribution in [3.8, 4) is 6.07 Å². The van der Waals surface area contributed by atoms with E-state index in [0.29, 0.717) is 22.0 Å². The van der Waals surface area contributed by atoms with Gasteiger partial charge in [-0.2, -0.15) is 5.26 Å². The van der Waals surface area contributed by atoms with Crippen LogP contribution >= 0.6 is 23.2 Å². The molecule has 0 heterocycles. The van der Waals surface area contributed by atoms with Crippen molar-refractivity contribution in [3.05, 3.63) is 33.8 Å². The molecule has 0 aliphatic rings. The summed E-state index contributed by atoms with van der Waals surface area (Å²) in [6.45, 7) is 5.41. The number of benzene rings is 1. The smallest absolute Gasteiger partial charge is 0.306 e. The van der Waals surface area contributed by atoms with Crippen LogP contribution in [0, 0.1) is 11.3 Å². The van der Waals surface area contributed by atoms with Crippen molar-refractivity contribution in [1.29, 1.82) is 5.26 Å². The maximum atomic E-state index is 11.7. The van der Waals surface area contributed by atoms with Crippen LogP contribution in [0.3, 0.4) is 0 Å². The van der Waals surface area contributed by atoms with Crippen LogP contribution < -0.4 is 0 Å². The van der Waals surface area contributed by atoms with Crippen LogP contribution in [0.15, 0.2) is 18.2 Å². The number of ether oxygens (including phenoxy) is 1. The molecule has 0 saturated carbocycles. The number of halogens is 2. The third kappa shape index (κ3) is 5.03. The molecule has 3 nitrogen and oxygen atoms in total. The molecule has 1 aromatic rings. The highest BCUT2D eigenvalue weighted by Gasteiger charge is 2.21. The minimum atomic E-state index is -0.527. The van der Waals surface area contributed by atoms with Crippen LogP contribution in [-0.2, 0) is 9.53 Å². The van der Waals surface area contributed by atoms with Crippen molar-refractivity contribution in [2.75, 3.05) is 0 Å². The van der Waals surface area contributed by atoms with E-state index >= 15 is 0 Å². The molecule has 20 heavy (non-hydrogen) atoms. The second kappa shape index (κ2) is 6.97. The molecule has 1 unspecified atom stereocenters. The predicted octanol–water partition coefficient (Wildman–Crippen LogP) is 4.72. The van der Waals surface area contributed by atoms with E-state index in [0.717, 1.165) is 0 Å². The van der Waals surface area contributed by atoms with Crippen LogP contribution in [0.25, 0.3) is 0 Å². The fraction of sp³-hybridized carbons (Fsp3) is 0.467. The van der Waals surface area contributed by atoms with Crippen molar-refractivity contribution in [2.45, 2.75) is 45.1 Å². The van der Waals surface area contributed by atoms with Gasteiger partial charge in [0.15, 0.2) is 0 Å². The SMILES string of the molecule is CC(C)(C)OC(=O)CCC(C#N)c1c(Cl)cccc1Cl. The Morgan fingerprint density at radius 2 is 1.90 bits per heavy atom. The molecule has 0 amide bonds. The van der Waals surface area contributed by atoms with E-state index in [1.807, 2.05) is 0 Å². The predicted molar refractivity (Wildman–Crippen MR) is 79.9 cm³/mol. The highest BCUT2D eigenvalue weighted by Crippen LogP contribution is 2.33. The first-order valence-electron chi connectivity index (χ1n) is 6.30. The largest absolute Gasteiger partial charge is 0.460 e. The van der Waals surface area contributed by atoms with Crippen LogP contribution in [0.4, 0.5) is 0 Å². The molecule has 0 aromatic heterocycles. The number of hydrogen-bond donors (Lipinski definition) is 0. The second-order valence-electron chi connectivity index (χ2n) is 5.44. The van der Waals surface area contributed by atoms with Gasteiger partial charge in [-0.05, 0) is 39.3 Å². The summed E-state index contributed by atoms with van der Waals surface area (Å²) in [6, 6.07) is 7.22. The normalized spacial score (nSPS) is 12.6. The fourth-order valence-electron chi connectivity index (χ4n) is 1.77. The van der Waals surface area contributed by atoms with Gasteiger partial charge in [0.25, 0.3) is 0 Å². The van der Waals surface area contributed by atoms with Crippen molar-refractivity contribution in [1.82, 2.24) is 0 Å². The van der Waals surface area contributed by atoms with E-state index in [4.69, 9.17) is 27.9 Å². The van der Waals surface area contributed by atoms with E-state index in [-0.39, 0.29) is 12.4 Å². The Hall–Kier alpha value is -1.24. The molecule has 1 atom stereocenters. The Bertz CT molecular complexity index is 509. The molecular formula is C15H17Cl2NO2. The monoisotopic (exact) mass is 313 g/mol. The fourth-order valence-corrected chi connectivity index (χ4v) is 2.43. The molecule has 108 valence electrons. The zero-order valence-electron chi connectivity index (χ0n) is 11.7. The summed E-state index contributed by atoms with van der Waals surface area (Å²) in [7, 11) is 0. The van der Waals surface area contributed by atoms with Crippen molar-refractivity contribution < 1.29 is 9.53 Å². The summed E-state index contributed by atoms with van der Waals surface area (Å²) < 4.78 is 5.21. The average molecular weight is 314 g/mol. The zero-order chi connectivity index (χ0) is 15.3. The van der Waals surface area contributed by atoms with Crippen LogP contribution in [0.1, 0.15) is 45.1 Å². The Labute approximate surface area is 129 Å². The molecule has 0 bridgehead atoms. The molecule has 0 spiro atoms. The Kier molecular flexibility index (Phi) is 5.86. The van der Waals surface area contributed by atoms with Gasteiger partial charge >= 0.3 is 5.97 Å². The second-order valence-corrected chi connectivity index (χ2v) is 6.26. The van der Waals surface area contributed by atoms with Crippen molar-refractivity contribution in [2.24, 2.45) is 0 Å². The standard InChI is InChI=1S/C15H17Cl2NO2/c1-15(2,3)20-13(19)8-7-10(9-18)14-11(16)5-4-6-12(14)17/h4-6,10H,7-8H2,1-3H3. The minimum Gasteiger partial charge on any atom is -0.460 e. The maximum Gasteiger partial charge on any atom is 0.306 e. The lowest BCUT2D eigenvalue weighted by molar-refractivity contribution is -0.154. The summed E-state index contributed by atoms with van der Waals surface area (Å²) in [5.41, 5.74) is 0.0447. The van der Waals surface area contributed by atoms with Crippen LogP contribution in [0.5, 0.6) is 0 Å². The van der Waals surface area contributed by atoms with Gasteiger partial charge in [-0.15, -0.1) is 0 Å². The number of rotatable bonds is 4. The van der Waals surface area contributed by atoms with Crippen molar-refractivity contribution in [3.63, 3.8) is 0 Å². The molecule has 1 aromatic carbocycles. The molecule has 0 aliphatic carbocycles. The van der Waals surface area contributed by atoms with Gasteiger partial charge in [0.05, 0.1) is 12.0 Å². The average Bonchev–Trinajstić information content (AvgIpc) is 2.30. The quantitative estimate of drug-likeness (QED) is 0.755. The maximum absolute atomic E-state index is 11.7. The Balaban J connectivity index is 2.75. The van der Waals surface area contributed by atoms with Crippen LogP contribution in [0.2, 0.25) is 10.0 Å². The summed E-state index contributed by atoms with van der Waals surface area (Å²) in [5, 5.41) is 10.1. The molecule has 0 saturated heterocycles. The van der Waals surface area contributed by atoms with Gasteiger partial charge in [-0.25, -0.2) is 0 Å². The van der Waals surface area contributed by atoms with Crippen molar-refractivity contribution >= 4 is 29.2 Å². The van der Waals surface area contributed by atoms with E-state index in [1.54, 1.807) is 39.0 Å². The third-order valence-electron chi connectivity index (χ3n) is 2.56. The highest BCUT2D eigenvalue weighted by molar-refractivity contribution is 6.36. The molecule has 0 aliphatic heterocycles. The molecular weight excluding hydrogens is 297 g/mol. The number of nitrogens with zero attached hydrogens (tertiary/aromatic N) is 1. The minimum absolute atomic E-state index is 0.150. The van der Waals surface area contributed by atoms with Crippen LogP contribution in [-0.4, -0.2) is 11.6 Å². The van der Waals surface area contributed by atoms with Gasteiger partial charge < -0.3 is 4.74 Å². The number of nitriles is 1. The van der Waals surface area contributed by atoms with Gasteiger partial charge in [0.1, 0.15) is 5.60 Å². The van der Waals surface area contributed by atoms with Gasteiger partial charge in [-0.3, -0.25) is 4.79 Å². The zero-order valence-corrected chi connectivity index (χ0v) is 13.3. The summed E-state index contributed by atoms with van der Waals surface area (Å²) in [6.07, 6.45) is 0.478. The lowest BCUT2D eigenvalue weighted by Crippen LogP contribution is -2.24. The van der Waals surface area contributed by atoms with E-state index < -0.39 is 11.5 Å².